The molecular formula is C16H24FNO2. The number of hydrogen-bond donors (Lipinski definition) is 1. The third kappa shape index (κ3) is 3.42. The molecule has 3 nitrogen and oxygen atoms in total. The van der Waals surface area contributed by atoms with Crippen LogP contribution in [-0.2, 0) is 0 Å². The molecule has 0 bridgehead atoms. The zero-order chi connectivity index (χ0) is 14.5. The Labute approximate surface area is 120 Å². The summed E-state index contributed by atoms with van der Waals surface area (Å²) >= 11 is 0. The van der Waals surface area contributed by atoms with Crippen molar-refractivity contribution >= 4 is 0 Å². The predicted octanol–water partition coefficient (Wildman–Crippen LogP) is 3.81. The summed E-state index contributed by atoms with van der Waals surface area (Å²) in [6.07, 6.45) is 7.13. The highest BCUT2D eigenvalue weighted by atomic mass is 19.1. The van der Waals surface area contributed by atoms with Crippen LogP contribution in [0.15, 0.2) is 12.1 Å². The summed E-state index contributed by atoms with van der Waals surface area (Å²) in [5, 5.41) is 0. The van der Waals surface area contributed by atoms with E-state index < -0.39 is 0 Å². The quantitative estimate of drug-likeness (QED) is 0.862. The molecule has 0 amide bonds. The van der Waals surface area contributed by atoms with Crippen molar-refractivity contribution in [1.82, 2.24) is 0 Å². The number of ether oxygens (including phenoxy) is 2. The first-order valence-electron chi connectivity index (χ1n) is 7.32. The van der Waals surface area contributed by atoms with E-state index in [1.807, 2.05) is 0 Å². The Balaban J connectivity index is 2.06. The van der Waals surface area contributed by atoms with Crippen LogP contribution in [0.25, 0.3) is 0 Å². The van der Waals surface area contributed by atoms with Gasteiger partial charge in [-0.15, -0.1) is 0 Å². The van der Waals surface area contributed by atoms with E-state index in [2.05, 4.69) is 0 Å². The van der Waals surface area contributed by atoms with Gasteiger partial charge in [0.15, 0.2) is 11.5 Å². The van der Waals surface area contributed by atoms with E-state index in [0.29, 0.717) is 17.1 Å². The maximum Gasteiger partial charge on any atom is 0.163 e. The van der Waals surface area contributed by atoms with Crippen LogP contribution in [0.4, 0.5) is 4.39 Å². The number of nitrogens with two attached hydrogens (primary N) is 1. The maximum atomic E-state index is 14.1. The fraction of sp³-hybridized carbons (Fsp3) is 0.625. The minimum absolute atomic E-state index is 0.282. The minimum Gasteiger partial charge on any atom is -0.493 e. The molecular weight excluding hydrogens is 257 g/mol. The van der Waals surface area contributed by atoms with Crippen molar-refractivity contribution in [2.75, 3.05) is 14.2 Å². The van der Waals surface area contributed by atoms with Gasteiger partial charge in [0, 0.05) is 17.7 Å². The second-order valence-electron chi connectivity index (χ2n) is 5.56. The van der Waals surface area contributed by atoms with Gasteiger partial charge in [-0.05, 0) is 24.8 Å². The molecule has 20 heavy (non-hydrogen) atoms. The average molecular weight is 281 g/mol. The predicted molar refractivity (Wildman–Crippen MR) is 77.6 cm³/mol. The number of halogens is 1. The van der Waals surface area contributed by atoms with Crippen LogP contribution in [0, 0.1) is 11.7 Å². The van der Waals surface area contributed by atoms with E-state index >= 15 is 0 Å². The molecule has 4 heteroatoms. The van der Waals surface area contributed by atoms with Crippen molar-refractivity contribution in [3.05, 3.63) is 23.5 Å². The molecule has 0 saturated heterocycles. The zero-order valence-corrected chi connectivity index (χ0v) is 12.3. The van der Waals surface area contributed by atoms with E-state index in [-0.39, 0.29) is 11.9 Å². The van der Waals surface area contributed by atoms with Crippen LogP contribution in [0.5, 0.6) is 11.5 Å². The first-order chi connectivity index (χ1) is 9.65. The van der Waals surface area contributed by atoms with Gasteiger partial charge in [-0.25, -0.2) is 4.39 Å². The van der Waals surface area contributed by atoms with Gasteiger partial charge in [-0.3, -0.25) is 0 Å². The van der Waals surface area contributed by atoms with E-state index in [0.717, 1.165) is 18.8 Å². The summed E-state index contributed by atoms with van der Waals surface area (Å²) in [5.74, 6) is 1.38. The molecule has 0 spiro atoms. The SMILES string of the molecule is COc1cc(F)c(C(N)CCC2CCCC2)cc1OC. The van der Waals surface area contributed by atoms with E-state index in [9.17, 15) is 4.39 Å². The van der Waals surface area contributed by atoms with Gasteiger partial charge in [-0.2, -0.15) is 0 Å². The van der Waals surface area contributed by atoms with E-state index in [4.69, 9.17) is 15.2 Å². The molecule has 0 radical (unpaired) electrons. The number of methoxy groups -OCH3 is 2. The standard InChI is InChI=1S/C16H24FNO2/c1-19-15-9-12(13(17)10-16(15)20-2)14(18)8-7-11-5-3-4-6-11/h9-11,14H,3-8,18H2,1-2H3. The molecule has 1 aromatic rings. The second-order valence-corrected chi connectivity index (χ2v) is 5.56. The average Bonchev–Trinajstić information content (AvgIpc) is 2.97. The van der Waals surface area contributed by atoms with Crippen molar-refractivity contribution in [1.29, 1.82) is 0 Å². The summed E-state index contributed by atoms with van der Waals surface area (Å²) < 4.78 is 24.4. The summed E-state index contributed by atoms with van der Waals surface area (Å²) in [7, 11) is 3.04. The molecule has 1 fully saturated rings. The lowest BCUT2D eigenvalue weighted by Crippen LogP contribution is -2.14. The molecule has 1 atom stereocenters. The Morgan fingerprint density at radius 2 is 1.80 bits per heavy atom. The molecule has 1 aromatic carbocycles. The van der Waals surface area contributed by atoms with Crippen molar-refractivity contribution in [3.8, 4) is 11.5 Å². The maximum absolute atomic E-state index is 14.1. The van der Waals surface area contributed by atoms with Gasteiger partial charge < -0.3 is 15.2 Å². The Bertz CT molecular complexity index is 444. The second kappa shape index (κ2) is 6.93. The molecule has 112 valence electrons. The first kappa shape index (κ1) is 15.1. The lowest BCUT2D eigenvalue weighted by Gasteiger charge is -2.17. The van der Waals surface area contributed by atoms with Gasteiger partial charge in [0.2, 0.25) is 0 Å². The number of rotatable bonds is 6. The summed E-state index contributed by atoms with van der Waals surface area (Å²) in [5.41, 5.74) is 6.67. The topological polar surface area (TPSA) is 44.5 Å². The lowest BCUT2D eigenvalue weighted by atomic mass is 9.95. The Morgan fingerprint density at radius 3 is 2.40 bits per heavy atom. The Kier molecular flexibility index (Phi) is 5.24. The highest BCUT2D eigenvalue weighted by molar-refractivity contribution is 5.44. The Hall–Kier alpha value is -1.29. The molecule has 1 saturated carbocycles. The van der Waals surface area contributed by atoms with Crippen LogP contribution in [0.2, 0.25) is 0 Å². The normalized spacial score (nSPS) is 17.2. The molecule has 0 aromatic heterocycles. The third-order valence-corrected chi connectivity index (χ3v) is 4.26. The molecule has 1 unspecified atom stereocenters. The first-order valence-corrected chi connectivity index (χ1v) is 7.32. The van der Waals surface area contributed by atoms with Crippen LogP contribution >= 0.6 is 0 Å². The van der Waals surface area contributed by atoms with Gasteiger partial charge in [0.05, 0.1) is 14.2 Å². The van der Waals surface area contributed by atoms with Crippen molar-refractivity contribution in [2.45, 2.75) is 44.6 Å². The van der Waals surface area contributed by atoms with E-state index in [1.54, 1.807) is 13.2 Å². The van der Waals surface area contributed by atoms with Crippen LogP contribution in [0.1, 0.15) is 50.1 Å². The smallest absolute Gasteiger partial charge is 0.163 e. The zero-order valence-electron chi connectivity index (χ0n) is 12.3. The largest absolute Gasteiger partial charge is 0.493 e. The highest BCUT2D eigenvalue weighted by Gasteiger charge is 2.20. The molecule has 1 aliphatic rings. The fourth-order valence-corrected chi connectivity index (χ4v) is 3.02. The van der Waals surface area contributed by atoms with Gasteiger partial charge in [0.25, 0.3) is 0 Å². The van der Waals surface area contributed by atoms with Crippen LogP contribution in [0.3, 0.4) is 0 Å². The minimum atomic E-state index is -0.318. The third-order valence-electron chi connectivity index (χ3n) is 4.26. The van der Waals surface area contributed by atoms with Crippen LogP contribution < -0.4 is 15.2 Å². The summed E-state index contributed by atoms with van der Waals surface area (Å²) in [4.78, 5) is 0. The van der Waals surface area contributed by atoms with Gasteiger partial charge in [0.1, 0.15) is 5.82 Å². The van der Waals surface area contributed by atoms with Crippen molar-refractivity contribution in [3.63, 3.8) is 0 Å². The number of hydrogen-bond acceptors (Lipinski definition) is 3. The van der Waals surface area contributed by atoms with Gasteiger partial charge in [-0.1, -0.05) is 25.7 Å². The molecule has 2 N–H and O–H groups in total. The molecule has 0 heterocycles. The summed E-state index contributed by atoms with van der Waals surface area (Å²) in [6.45, 7) is 0. The van der Waals surface area contributed by atoms with Gasteiger partial charge >= 0.3 is 0 Å². The van der Waals surface area contributed by atoms with Crippen molar-refractivity contribution in [2.24, 2.45) is 11.7 Å². The fourth-order valence-electron chi connectivity index (χ4n) is 3.02. The van der Waals surface area contributed by atoms with E-state index in [1.165, 1.54) is 38.9 Å². The van der Waals surface area contributed by atoms with Crippen molar-refractivity contribution < 1.29 is 13.9 Å². The summed E-state index contributed by atoms with van der Waals surface area (Å²) in [6, 6.07) is 2.73. The Morgan fingerprint density at radius 1 is 1.20 bits per heavy atom. The van der Waals surface area contributed by atoms with Crippen LogP contribution in [-0.4, -0.2) is 14.2 Å². The molecule has 1 aliphatic carbocycles. The molecule has 2 rings (SSSR count). The lowest BCUT2D eigenvalue weighted by molar-refractivity contribution is 0.350. The number of benzene rings is 1. The highest BCUT2D eigenvalue weighted by Crippen LogP contribution is 2.35. The monoisotopic (exact) mass is 281 g/mol. The molecule has 0 aliphatic heterocycles.